The van der Waals surface area contributed by atoms with Crippen molar-refractivity contribution in [1.82, 2.24) is 4.98 Å². The fraction of sp³-hybridized carbons (Fsp3) is 0.312. The standard InChI is InChI=1S/C14H16FNO.C2H6/c1-3-5-12(8-11(2)15)9-14-13(10-17)6-4-7-16-14;1-2/h3-8,17H,1,9-10H2,2H3;1-2H3/b11-8+,12-5+;. The molecule has 0 saturated heterocycles. The van der Waals surface area contributed by atoms with Gasteiger partial charge in [-0.05, 0) is 30.2 Å². The van der Waals surface area contributed by atoms with E-state index in [-0.39, 0.29) is 12.4 Å². The number of hydrogen-bond acceptors (Lipinski definition) is 2. The second-order valence-corrected chi connectivity index (χ2v) is 3.65. The minimum atomic E-state index is -0.264. The maximum Gasteiger partial charge on any atom is 0.0971 e. The van der Waals surface area contributed by atoms with Crippen molar-refractivity contribution in [3.63, 3.8) is 0 Å². The topological polar surface area (TPSA) is 33.1 Å². The molecule has 3 heteroatoms. The molecule has 0 unspecified atom stereocenters. The molecule has 1 N–H and O–H groups in total. The van der Waals surface area contributed by atoms with Crippen molar-refractivity contribution in [2.75, 3.05) is 0 Å². The molecule has 0 fully saturated rings. The smallest absolute Gasteiger partial charge is 0.0971 e. The summed E-state index contributed by atoms with van der Waals surface area (Å²) < 4.78 is 12.9. The Morgan fingerprint density at radius 2 is 2.16 bits per heavy atom. The van der Waals surface area contributed by atoms with Crippen LogP contribution in [0.3, 0.4) is 0 Å². The fourth-order valence-electron chi connectivity index (χ4n) is 1.53. The van der Waals surface area contributed by atoms with Crippen LogP contribution in [0.25, 0.3) is 0 Å². The number of aliphatic hydroxyl groups is 1. The summed E-state index contributed by atoms with van der Waals surface area (Å²) in [6.07, 6.45) is 6.92. The molecule has 1 rings (SSSR count). The summed E-state index contributed by atoms with van der Waals surface area (Å²) in [7, 11) is 0. The summed E-state index contributed by atoms with van der Waals surface area (Å²) in [6.45, 7) is 8.92. The van der Waals surface area contributed by atoms with Crippen LogP contribution in [0.2, 0.25) is 0 Å². The third-order valence-corrected chi connectivity index (χ3v) is 2.24. The summed E-state index contributed by atoms with van der Waals surface area (Å²) in [6, 6.07) is 3.57. The van der Waals surface area contributed by atoms with Crippen LogP contribution >= 0.6 is 0 Å². The highest BCUT2D eigenvalue weighted by Gasteiger charge is 2.04. The summed E-state index contributed by atoms with van der Waals surface area (Å²) in [5.41, 5.74) is 2.28. The SMILES string of the molecule is C=C/C=C(\C=C(/C)F)Cc1ncccc1CO.CC. The first kappa shape index (κ1) is 17.3. The van der Waals surface area contributed by atoms with Crippen molar-refractivity contribution < 1.29 is 9.50 Å². The normalized spacial score (nSPS) is 11.6. The molecular weight excluding hydrogens is 241 g/mol. The van der Waals surface area contributed by atoms with Crippen LogP contribution in [0.15, 0.2) is 54.5 Å². The van der Waals surface area contributed by atoms with Crippen LogP contribution in [0.1, 0.15) is 32.0 Å². The van der Waals surface area contributed by atoms with E-state index in [9.17, 15) is 9.50 Å². The predicted octanol–water partition coefficient (Wildman–Crippen LogP) is 4.13. The zero-order chi connectivity index (χ0) is 14.7. The Hall–Kier alpha value is -1.74. The summed E-state index contributed by atoms with van der Waals surface area (Å²) in [5.74, 6) is -0.264. The van der Waals surface area contributed by atoms with Crippen LogP contribution in [0, 0.1) is 0 Å². The molecule has 0 aromatic carbocycles. The second-order valence-electron chi connectivity index (χ2n) is 3.65. The van der Waals surface area contributed by atoms with Gasteiger partial charge in [-0.15, -0.1) is 0 Å². The van der Waals surface area contributed by atoms with Crippen molar-refractivity contribution in [2.45, 2.75) is 33.8 Å². The molecule has 1 aromatic rings. The monoisotopic (exact) mass is 263 g/mol. The molecule has 0 amide bonds. The molecule has 0 aliphatic heterocycles. The summed E-state index contributed by atoms with van der Waals surface area (Å²) >= 11 is 0. The van der Waals surface area contributed by atoms with Gasteiger partial charge in [0.05, 0.1) is 18.1 Å². The molecule has 1 aromatic heterocycles. The van der Waals surface area contributed by atoms with E-state index in [2.05, 4.69) is 11.6 Å². The van der Waals surface area contributed by atoms with Gasteiger partial charge >= 0.3 is 0 Å². The van der Waals surface area contributed by atoms with E-state index in [1.807, 2.05) is 13.8 Å². The largest absolute Gasteiger partial charge is 0.392 e. The van der Waals surface area contributed by atoms with Gasteiger partial charge in [-0.3, -0.25) is 4.98 Å². The number of aliphatic hydroxyl groups excluding tert-OH is 1. The molecule has 0 aliphatic rings. The minimum absolute atomic E-state index is 0.0666. The predicted molar refractivity (Wildman–Crippen MR) is 78.4 cm³/mol. The zero-order valence-corrected chi connectivity index (χ0v) is 11.9. The number of halogens is 1. The van der Waals surface area contributed by atoms with Crippen LogP contribution in [0.5, 0.6) is 0 Å². The van der Waals surface area contributed by atoms with E-state index in [4.69, 9.17) is 0 Å². The van der Waals surface area contributed by atoms with Crippen molar-refractivity contribution >= 4 is 0 Å². The average Bonchev–Trinajstić information content (AvgIpc) is 2.41. The Labute approximate surface area is 115 Å². The highest BCUT2D eigenvalue weighted by molar-refractivity contribution is 5.32. The van der Waals surface area contributed by atoms with Crippen LogP contribution in [0.4, 0.5) is 4.39 Å². The van der Waals surface area contributed by atoms with Crippen LogP contribution in [-0.4, -0.2) is 10.1 Å². The van der Waals surface area contributed by atoms with E-state index in [0.717, 1.165) is 16.8 Å². The third-order valence-electron chi connectivity index (χ3n) is 2.24. The van der Waals surface area contributed by atoms with Crippen molar-refractivity contribution in [1.29, 1.82) is 0 Å². The van der Waals surface area contributed by atoms with Gasteiger partial charge in [0.2, 0.25) is 0 Å². The van der Waals surface area contributed by atoms with Gasteiger partial charge in [0.15, 0.2) is 0 Å². The van der Waals surface area contributed by atoms with E-state index >= 15 is 0 Å². The van der Waals surface area contributed by atoms with Crippen LogP contribution in [-0.2, 0) is 13.0 Å². The summed E-state index contributed by atoms with van der Waals surface area (Å²) in [5, 5.41) is 9.17. The number of hydrogen-bond donors (Lipinski definition) is 1. The first-order chi connectivity index (χ1) is 9.17. The van der Waals surface area contributed by atoms with Crippen molar-refractivity contribution in [3.8, 4) is 0 Å². The minimum Gasteiger partial charge on any atom is -0.392 e. The number of allylic oxidation sites excluding steroid dienone is 5. The van der Waals surface area contributed by atoms with E-state index in [0.29, 0.717) is 6.42 Å². The maximum absolute atomic E-state index is 12.9. The maximum atomic E-state index is 12.9. The Bertz CT molecular complexity index is 446. The molecule has 0 radical (unpaired) electrons. The molecule has 1 heterocycles. The Morgan fingerprint density at radius 1 is 1.47 bits per heavy atom. The Kier molecular flexibility index (Phi) is 9.27. The number of nitrogens with zero attached hydrogens (tertiary/aromatic N) is 1. The van der Waals surface area contributed by atoms with Gasteiger partial charge < -0.3 is 5.11 Å². The molecule has 0 aliphatic carbocycles. The van der Waals surface area contributed by atoms with Gasteiger partial charge in [-0.25, -0.2) is 4.39 Å². The quantitative estimate of drug-likeness (QED) is 0.810. The van der Waals surface area contributed by atoms with E-state index in [1.165, 1.54) is 13.0 Å². The molecule has 0 saturated carbocycles. The van der Waals surface area contributed by atoms with Gasteiger partial charge in [0, 0.05) is 12.6 Å². The molecular formula is C16H22FNO. The fourth-order valence-corrected chi connectivity index (χ4v) is 1.53. The molecule has 0 bridgehead atoms. The lowest BCUT2D eigenvalue weighted by molar-refractivity contribution is 0.280. The highest BCUT2D eigenvalue weighted by Crippen LogP contribution is 2.14. The lowest BCUT2D eigenvalue weighted by atomic mass is 10.0. The lowest BCUT2D eigenvalue weighted by Gasteiger charge is -2.06. The molecule has 0 spiro atoms. The van der Waals surface area contributed by atoms with Gasteiger partial charge in [-0.1, -0.05) is 38.6 Å². The third kappa shape index (κ3) is 6.67. The highest BCUT2D eigenvalue weighted by atomic mass is 19.1. The number of pyridine rings is 1. The molecule has 19 heavy (non-hydrogen) atoms. The van der Waals surface area contributed by atoms with Crippen molar-refractivity contribution in [3.05, 3.63) is 65.8 Å². The van der Waals surface area contributed by atoms with E-state index in [1.54, 1.807) is 30.5 Å². The molecule has 104 valence electrons. The van der Waals surface area contributed by atoms with Gasteiger partial charge in [0.25, 0.3) is 0 Å². The zero-order valence-electron chi connectivity index (χ0n) is 11.9. The second kappa shape index (κ2) is 10.2. The summed E-state index contributed by atoms with van der Waals surface area (Å²) in [4.78, 5) is 4.19. The number of rotatable bonds is 5. The van der Waals surface area contributed by atoms with Crippen LogP contribution < -0.4 is 0 Å². The Balaban J connectivity index is 0.00000154. The lowest BCUT2D eigenvalue weighted by Crippen LogP contribution is -1.99. The van der Waals surface area contributed by atoms with Gasteiger partial charge in [-0.2, -0.15) is 0 Å². The molecule has 0 atom stereocenters. The van der Waals surface area contributed by atoms with Crippen molar-refractivity contribution in [2.24, 2.45) is 0 Å². The van der Waals surface area contributed by atoms with Gasteiger partial charge in [0.1, 0.15) is 0 Å². The first-order valence-corrected chi connectivity index (χ1v) is 6.36. The first-order valence-electron chi connectivity index (χ1n) is 6.36. The molecule has 2 nitrogen and oxygen atoms in total. The number of aromatic nitrogens is 1. The average molecular weight is 263 g/mol. The Morgan fingerprint density at radius 3 is 2.68 bits per heavy atom. The van der Waals surface area contributed by atoms with E-state index < -0.39 is 0 Å².